The molecule has 0 unspecified atom stereocenters. The molecule has 1 heteroatoms. The van der Waals surface area contributed by atoms with Crippen LogP contribution >= 0.6 is 0 Å². The van der Waals surface area contributed by atoms with Crippen molar-refractivity contribution in [2.45, 2.75) is 39.5 Å². The van der Waals surface area contributed by atoms with E-state index >= 15 is 0 Å². The van der Waals surface area contributed by atoms with Gasteiger partial charge in [-0.05, 0) is 12.8 Å². The van der Waals surface area contributed by atoms with E-state index in [1.54, 1.807) is 0 Å². The monoisotopic (exact) mass is 189 g/mol. The molecule has 0 spiro atoms. The Labute approximate surface area is 86.2 Å². The van der Waals surface area contributed by atoms with Gasteiger partial charge in [0.1, 0.15) is 5.76 Å². The van der Waals surface area contributed by atoms with Crippen LogP contribution in [0.3, 0.4) is 0 Å². The molecule has 0 aromatic rings. The van der Waals surface area contributed by atoms with Gasteiger partial charge in [0.2, 0.25) is 0 Å². The van der Waals surface area contributed by atoms with E-state index in [9.17, 15) is 0 Å². The molecule has 0 amide bonds. The number of fused-ring (bicyclic) bond motifs is 1. The molecule has 0 fully saturated rings. The van der Waals surface area contributed by atoms with Gasteiger partial charge < -0.3 is 4.74 Å². The molecule has 0 bridgehead atoms. The summed E-state index contributed by atoms with van der Waals surface area (Å²) in [5, 5.41) is 0. The van der Waals surface area contributed by atoms with E-state index in [0.29, 0.717) is 0 Å². The maximum atomic E-state index is 5.89. The smallest absolute Gasteiger partial charge is 0.178 e. The molecule has 0 aromatic heterocycles. The van der Waals surface area contributed by atoms with Crippen LogP contribution in [0, 0.1) is 6.10 Å². The fourth-order valence-corrected chi connectivity index (χ4v) is 1.99. The molecule has 0 saturated carbocycles. The van der Waals surface area contributed by atoms with E-state index in [-0.39, 0.29) is 0 Å². The van der Waals surface area contributed by atoms with Gasteiger partial charge >= 0.3 is 0 Å². The molecule has 0 N–H and O–H groups in total. The summed E-state index contributed by atoms with van der Waals surface area (Å²) >= 11 is 0. The van der Waals surface area contributed by atoms with E-state index in [0.717, 1.165) is 25.7 Å². The highest BCUT2D eigenvalue weighted by molar-refractivity contribution is 5.58. The van der Waals surface area contributed by atoms with Gasteiger partial charge in [0.05, 0.1) is 0 Å². The molecule has 1 nitrogen and oxygen atoms in total. The molecule has 0 atom stereocenters. The minimum atomic E-state index is 1.06. The highest BCUT2D eigenvalue weighted by Crippen LogP contribution is 2.42. The van der Waals surface area contributed by atoms with E-state index in [1.165, 1.54) is 23.0 Å². The van der Waals surface area contributed by atoms with Crippen molar-refractivity contribution in [2.75, 3.05) is 0 Å². The molecule has 75 valence electrons. The summed E-state index contributed by atoms with van der Waals surface area (Å²) in [4.78, 5) is 0. The first kappa shape index (κ1) is 9.57. The van der Waals surface area contributed by atoms with Gasteiger partial charge in [0.15, 0.2) is 6.10 Å². The zero-order chi connectivity index (χ0) is 9.97. The third-order valence-corrected chi connectivity index (χ3v) is 2.62. The van der Waals surface area contributed by atoms with Gasteiger partial charge in [-0.1, -0.05) is 38.5 Å². The van der Waals surface area contributed by atoms with Crippen molar-refractivity contribution >= 4 is 0 Å². The quantitative estimate of drug-likeness (QED) is 0.651. The normalized spacial score (nSPS) is 20.0. The first-order valence-electron chi connectivity index (χ1n) is 5.52. The standard InChI is InChI=1S/C13H17O/c1-3-6-12-10-8-5-9-11(10)13(14-12)7-4-2/h5,8-9H,3-4,6-7H2,1-2H3. The number of rotatable bonds is 4. The average Bonchev–Trinajstić information content (AvgIpc) is 2.72. The Morgan fingerprint density at radius 2 is 1.93 bits per heavy atom. The second kappa shape index (κ2) is 4.04. The average molecular weight is 189 g/mol. The molecule has 14 heavy (non-hydrogen) atoms. The predicted molar refractivity (Wildman–Crippen MR) is 58.4 cm³/mol. The molecule has 1 heterocycles. The molecule has 1 aliphatic carbocycles. The summed E-state index contributed by atoms with van der Waals surface area (Å²) in [5.41, 5.74) is 2.66. The Bertz CT molecular complexity index is 307. The topological polar surface area (TPSA) is 9.23 Å². The SMILES string of the molecule is CCC[C]1OC(CCC)=C2C=CC=C12. The summed E-state index contributed by atoms with van der Waals surface area (Å²) in [6.07, 6.45) is 12.1. The number of hydrogen-bond donors (Lipinski definition) is 0. The minimum absolute atomic E-state index is 1.06. The number of ether oxygens (including phenoxy) is 1. The van der Waals surface area contributed by atoms with E-state index in [1.807, 2.05) is 0 Å². The zero-order valence-corrected chi connectivity index (χ0v) is 8.97. The lowest BCUT2D eigenvalue weighted by molar-refractivity contribution is 0.235. The van der Waals surface area contributed by atoms with Crippen LogP contribution < -0.4 is 0 Å². The van der Waals surface area contributed by atoms with Crippen LogP contribution in [-0.4, -0.2) is 0 Å². The van der Waals surface area contributed by atoms with Crippen LogP contribution in [0.2, 0.25) is 0 Å². The summed E-state index contributed by atoms with van der Waals surface area (Å²) < 4.78 is 5.89. The van der Waals surface area contributed by atoms with Gasteiger partial charge in [-0.2, -0.15) is 0 Å². The molecular formula is C13H17O. The molecule has 1 radical (unpaired) electrons. The number of hydrogen-bond acceptors (Lipinski definition) is 1. The lowest BCUT2D eigenvalue weighted by Gasteiger charge is -2.10. The summed E-state index contributed by atoms with van der Waals surface area (Å²) in [6.45, 7) is 4.38. The Hall–Kier alpha value is -0.980. The Morgan fingerprint density at radius 3 is 2.64 bits per heavy atom. The van der Waals surface area contributed by atoms with Gasteiger partial charge in [-0.25, -0.2) is 0 Å². The first-order valence-corrected chi connectivity index (χ1v) is 5.52. The summed E-state index contributed by atoms with van der Waals surface area (Å²) in [7, 11) is 0. The van der Waals surface area contributed by atoms with E-state index in [4.69, 9.17) is 4.74 Å². The van der Waals surface area contributed by atoms with Crippen LogP contribution in [0.25, 0.3) is 0 Å². The van der Waals surface area contributed by atoms with E-state index < -0.39 is 0 Å². The Kier molecular flexibility index (Phi) is 2.76. The van der Waals surface area contributed by atoms with Gasteiger partial charge in [0, 0.05) is 17.6 Å². The van der Waals surface area contributed by atoms with Gasteiger partial charge in [-0.3, -0.25) is 0 Å². The van der Waals surface area contributed by atoms with Crippen molar-refractivity contribution in [3.05, 3.63) is 41.2 Å². The fraction of sp³-hybridized carbons (Fsp3) is 0.462. The Morgan fingerprint density at radius 1 is 1.14 bits per heavy atom. The largest absolute Gasteiger partial charge is 0.482 e. The lowest BCUT2D eigenvalue weighted by atomic mass is 10.0. The van der Waals surface area contributed by atoms with Crippen LogP contribution in [0.4, 0.5) is 0 Å². The third kappa shape index (κ3) is 1.52. The van der Waals surface area contributed by atoms with Crippen LogP contribution in [0.5, 0.6) is 0 Å². The highest BCUT2D eigenvalue weighted by Gasteiger charge is 2.31. The van der Waals surface area contributed by atoms with Crippen molar-refractivity contribution < 1.29 is 4.74 Å². The molecule has 2 aliphatic rings. The number of allylic oxidation sites excluding steroid dienone is 4. The van der Waals surface area contributed by atoms with Crippen molar-refractivity contribution in [3.63, 3.8) is 0 Å². The molecular weight excluding hydrogens is 172 g/mol. The highest BCUT2D eigenvalue weighted by atomic mass is 16.5. The van der Waals surface area contributed by atoms with Crippen LogP contribution in [0.15, 0.2) is 35.1 Å². The summed E-state index contributed by atoms with van der Waals surface area (Å²) in [5.74, 6) is 1.18. The maximum Gasteiger partial charge on any atom is 0.178 e. The van der Waals surface area contributed by atoms with Crippen molar-refractivity contribution in [2.24, 2.45) is 0 Å². The van der Waals surface area contributed by atoms with Crippen LogP contribution in [-0.2, 0) is 4.74 Å². The zero-order valence-electron chi connectivity index (χ0n) is 8.97. The molecule has 2 rings (SSSR count). The second-order valence-corrected chi connectivity index (χ2v) is 3.80. The second-order valence-electron chi connectivity index (χ2n) is 3.80. The lowest BCUT2D eigenvalue weighted by Crippen LogP contribution is -1.97. The van der Waals surface area contributed by atoms with E-state index in [2.05, 4.69) is 32.1 Å². The maximum absolute atomic E-state index is 5.89. The fourth-order valence-electron chi connectivity index (χ4n) is 1.99. The summed E-state index contributed by atoms with van der Waals surface area (Å²) in [6, 6.07) is 0. The Balaban J connectivity index is 2.15. The molecule has 0 aromatic carbocycles. The van der Waals surface area contributed by atoms with Crippen molar-refractivity contribution in [1.29, 1.82) is 0 Å². The first-order chi connectivity index (χ1) is 6.86. The molecule has 1 aliphatic heterocycles. The van der Waals surface area contributed by atoms with Crippen molar-refractivity contribution in [3.8, 4) is 0 Å². The third-order valence-electron chi connectivity index (χ3n) is 2.62. The van der Waals surface area contributed by atoms with Crippen molar-refractivity contribution in [1.82, 2.24) is 0 Å². The van der Waals surface area contributed by atoms with Gasteiger partial charge in [0.25, 0.3) is 0 Å². The molecule has 0 saturated heterocycles. The van der Waals surface area contributed by atoms with Gasteiger partial charge in [-0.15, -0.1) is 0 Å². The predicted octanol–water partition coefficient (Wildman–Crippen LogP) is 3.90. The minimum Gasteiger partial charge on any atom is -0.482 e. The van der Waals surface area contributed by atoms with Crippen LogP contribution in [0.1, 0.15) is 39.5 Å².